The summed E-state index contributed by atoms with van der Waals surface area (Å²) >= 11 is 12.0. The summed E-state index contributed by atoms with van der Waals surface area (Å²) in [4.78, 5) is 17.0. The molecule has 26 heavy (non-hydrogen) atoms. The van der Waals surface area contributed by atoms with Crippen molar-refractivity contribution < 1.29 is 19.0 Å². The Balaban J connectivity index is 1.98. The summed E-state index contributed by atoms with van der Waals surface area (Å²) < 4.78 is 21.1. The lowest BCUT2D eigenvalue weighted by Gasteiger charge is -2.34. The van der Waals surface area contributed by atoms with Gasteiger partial charge in [-0.2, -0.15) is 0 Å². The molecule has 0 fully saturated rings. The average Bonchev–Trinajstić information content (AvgIpc) is 2.64. The van der Waals surface area contributed by atoms with Crippen molar-refractivity contribution in [1.29, 1.82) is 0 Å². The highest BCUT2D eigenvalue weighted by atomic mass is 35.5. The average molecular weight is 399 g/mol. The molecule has 0 saturated carbocycles. The zero-order valence-corrected chi connectivity index (χ0v) is 15.4. The monoisotopic (exact) mass is 398 g/mol. The Kier molecular flexibility index (Phi) is 5.48. The fraction of sp³-hybridized carbons (Fsp3) is 0.333. The predicted molar refractivity (Wildman–Crippen MR) is 97.0 cm³/mol. The van der Waals surface area contributed by atoms with Crippen LogP contribution in [-0.2, 0) is 21.8 Å². The number of hydrogen-bond acceptors (Lipinski definition) is 4. The van der Waals surface area contributed by atoms with E-state index >= 15 is 4.39 Å². The normalized spacial score (nSPS) is 22.0. The number of benzene rings is 1. The summed E-state index contributed by atoms with van der Waals surface area (Å²) in [6, 6.07) is 5.99. The van der Waals surface area contributed by atoms with E-state index in [1.165, 1.54) is 31.5 Å². The topological polar surface area (TPSA) is 71.5 Å². The first-order valence-corrected chi connectivity index (χ1v) is 8.73. The SMILES string of the molecule is CO[C@@H]1CC[C@@](F)(C(=O)Nc2c(Cl)cc(Cl)cc2CO)c2cccnc21. The molecule has 2 N–H and O–H groups in total. The first-order chi connectivity index (χ1) is 12.4. The van der Waals surface area contributed by atoms with Gasteiger partial charge in [0.1, 0.15) is 0 Å². The van der Waals surface area contributed by atoms with Gasteiger partial charge in [-0.3, -0.25) is 9.78 Å². The maximum Gasteiger partial charge on any atom is 0.266 e. The number of nitrogens with one attached hydrogen (secondary N) is 1. The lowest BCUT2D eigenvalue weighted by molar-refractivity contribution is -0.130. The summed E-state index contributed by atoms with van der Waals surface area (Å²) in [5.74, 6) is -0.875. The lowest BCUT2D eigenvalue weighted by Crippen LogP contribution is -2.41. The first-order valence-electron chi connectivity index (χ1n) is 7.98. The Bertz CT molecular complexity index is 849. The summed E-state index contributed by atoms with van der Waals surface area (Å²) in [6.45, 7) is -0.404. The number of fused-ring (bicyclic) bond motifs is 1. The fourth-order valence-corrected chi connectivity index (χ4v) is 3.76. The molecule has 1 aliphatic rings. The molecule has 1 aromatic heterocycles. The number of ether oxygens (including phenoxy) is 1. The van der Waals surface area contributed by atoms with Gasteiger partial charge in [0.05, 0.1) is 29.1 Å². The molecule has 0 spiro atoms. The fourth-order valence-electron chi connectivity index (χ4n) is 3.18. The number of anilines is 1. The third kappa shape index (κ3) is 3.30. The van der Waals surface area contributed by atoms with Gasteiger partial charge in [0.25, 0.3) is 5.91 Å². The van der Waals surface area contributed by atoms with Gasteiger partial charge in [0, 0.05) is 29.5 Å². The number of hydrogen-bond donors (Lipinski definition) is 2. The number of aliphatic hydroxyl groups excluding tert-OH is 1. The lowest BCUT2D eigenvalue weighted by atomic mass is 9.80. The Morgan fingerprint density at radius 3 is 2.96 bits per heavy atom. The second-order valence-corrected chi connectivity index (χ2v) is 6.88. The molecule has 0 bridgehead atoms. The Morgan fingerprint density at radius 1 is 1.50 bits per heavy atom. The number of rotatable bonds is 4. The van der Waals surface area contributed by atoms with Crippen molar-refractivity contribution >= 4 is 34.8 Å². The molecule has 0 aliphatic heterocycles. The standard InChI is InChI=1S/C18H17Cl2FN2O3/c1-26-14-4-5-18(21,12-3-2-6-22-16(12)14)17(25)23-15-10(9-24)7-11(19)8-13(15)20/h2-3,6-8,14,24H,4-5,9H2,1H3,(H,23,25)/t14-,18+/m1/s1. The van der Waals surface area contributed by atoms with Crippen molar-refractivity contribution in [3.8, 4) is 0 Å². The number of alkyl halides is 1. The van der Waals surface area contributed by atoms with Crippen molar-refractivity contribution in [2.75, 3.05) is 12.4 Å². The number of pyridine rings is 1. The minimum Gasteiger partial charge on any atom is -0.392 e. The number of methoxy groups -OCH3 is 1. The predicted octanol–water partition coefficient (Wildman–Crippen LogP) is 4.17. The van der Waals surface area contributed by atoms with E-state index in [1.807, 2.05) is 0 Å². The van der Waals surface area contributed by atoms with Crippen LogP contribution < -0.4 is 5.32 Å². The van der Waals surface area contributed by atoms with Crippen molar-refractivity contribution in [1.82, 2.24) is 4.98 Å². The second-order valence-electron chi connectivity index (χ2n) is 6.03. The molecule has 1 aromatic carbocycles. The third-order valence-corrected chi connectivity index (χ3v) is 5.03. The zero-order chi connectivity index (χ0) is 18.9. The van der Waals surface area contributed by atoms with Crippen LogP contribution in [0.1, 0.15) is 35.8 Å². The van der Waals surface area contributed by atoms with Crippen molar-refractivity contribution in [2.45, 2.75) is 31.2 Å². The van der Waals surface area contributed by atoms with Gasteiger partial charge < -0.3 is 15.2 Å². The van der Waals surface area contributed by atoms with Crippen molar-refractivity contribution in [2.24, 2.45) is 0 Å². The number of halogens is 3. The molecule has 1 amide bonds. The van der Waals surface area contributed by atoms with E-state index in [4.69, 9.17) is 27.9 Å². The van der Waals surface area contributed by atoms with Crippen molar-refractivity contribution in [3.63, 3.8) is 0 Å². The van der Waals surface area contributed by atoms with Gasteiger partial charge in [-0.1, -0.05) is 29.3 Å². The van der Waals surface area contributed by atoms with Crippen LogP contribution in [0.15, 0.2) is 30.5 Å². The van der Waals surface area contributed by atoms with Gasteiger partial charge in [-0.15, -0.1) is 0 Å². The largest absolute Gasteiger partial charge is 0.392 e. The zero-order valence-electron chi connectivity index (χ0n) is 13.9. The van der Waals surface area contributed by atoms with E-state index in [9.17, 15) is 9.90 Å². The van der Waals surface area contributed by atoms with Crippen LogP contribution in [-0.4, -0.2) is 23.1 Å². The van der Waals surface area contributed by atoms with Crippen LogP contribution in [0.3, 0.4) is 0 Å². The van der Waals surface area contributed by atoms with Gasteiger partial charge in [-0.25, -0.2) is 4.39 Å². The van der Waals surface area contributed by atoms with Crippen LogP contribution in [0.4, 0.5) is 10.1 Å². The Labute approximate surface area is 160 Å². The molecule has 0 unspecified atom stereocenters. The third-order valence-electron chi connectivity index (χ3n) is 4.51. The maximum atomic E-state index is 15.8. The van der Waals surface area contributed by atoms with Crippen molar-refractivity contribution in [3.05, 3.63) is 57.3 Å². The smallest absolute Gasteiger partial charge is 0.266 e. The quantitative estimate of drug-likeness (QED) is 0.810. The number of aliphatic hydroxyl groups is 1. The molecule has 1 heterocycles. The van der Waals surface area contributed by atoms with Gasteiger partial charge in [0.15, 0.2) is 0 Å². The molecule has 1 aliphatic carbocycles. The van der Waals surface area contributed by atoms with E-state index in [1.54, 1.807) is 6.07 Å². The molecule has 5 nitrogen and oxygen atoms in total. The van der Waals surface area contributed by atoms with E-state index in [0.29, 0.717) is 22.7 Å². The highest BCUT2D eigenvalue weighted by Gasteiger charge is 2.47. The van der Waals surface area contributed by atoms with Crippen LogP contribution >= 0.6 is 23.2 Å². The molecular weight excluding hydrogens is 382 g/mol. The highest BCUT2D eigenvalue weighted by molar-refractivity contribution is 6.37. The molecular formula is C18H17Cl2FN2O3. The van der Waals surface area contributed by atoms with E-state index < -0.39 is 18.2 Å². The summed E-state index contributed by atoms with van der Waals surface area (Å²) in [6.07, 6.45) is 1.42. The van der Waals surface area contributed by atoms with E-state index in [-0.39, 0.29) is 28.8 Å². The summed E-state index contributed by atoms with van der Waals surface area (Å²) in [5.41, 5.74) is -1.26. The summed E-state index contributed by atoms with van der Waals surface area (Å²) in [5, 5.41) is 12.4. The molecule has 138 valence electrons. The molecule has 0 saturated heterocycles. The Morgan fingerprint density at radius 2 is 2.27 bits per heavy atom. The van der Waals surface area contributed by atoms with Crippen LogP contribution in [0.25, 0.3) is 0 Å². The molecule has 3 rings (SSSR count). The van der Waals surface area contributed by atoms with Gasteiger partial charge in [-0.05, 0) is 31.0 Å². The van der Waals surface area contributed by atoms with Gasteiger partial charge in [0.2, 0.25) is 5.67 Å². The minimum absolute atomic E-state index is 0.0598. The van der Waals surface area contributed by atoms with Gasteiger partial charge >= 0.3 is 0 Å². The summed E-state index contributed by atoms with van der Waals surface area (Å²) in [7, 11) is 1.52. The first kappa shape index (κ1) is 19.0. The molecule has 2 atom stereocenters. The number of aromatic nitrogens is 1. The molecule has 0 radical (unpaired) electrons. The number of nitrogens with zero attached hydrogens (tertiary/aromatic N) is 1. The maximum absolute atomic E-state index is 15.8. The second kappa shape index (κ2) is 7.48. The minimum atomic E-state index is -2.28. The molecule has 8 heteroatoms. The highest BCUT2D eigenvalue weighted by Crippen LogP contribution is 2.44. The number of carbonyl (C=O) groups excluding carboxylic acids is 1. The van der Waals surface area contributed by atoms with Crippen LogP contribution in [0, 0.1) is 0 Å². The van der Waals surface area contributed by atoms with Crippen LogP contribution in [0.2, 0.25) is 10.0 Å². The van der Waals surface area contributed by atoms with E-state index in [2.05, 4.69) is 10.3 Å². The molecule has 2 aromatic rings. The van der Waals surface area contributed by atoms with Crippen LogP contribution in [0.5, 0.6) is 0 Å². The number of carbonyl (C=O) groups is 1. The Hall–Kier alpha value is -1.73. The number of amides is 1. The van der Waals surface area contributed by atoms with E-state index in [0.717, 1.165) is 0 Å².